The van der Waals surface area contributed by atoms with E-state index in [4.69, 9.17) is 0 Å². The first-order valence-electron chi connectivity index (χ1n) is 5.57. The maximum Gasteiger partial charge on any atom is 0.205 e. The maximum atomic E-state index is 4.55. The summed E-state index contributed by atoms with van der Waals surface area (Å²) >= 11 is 0. The summed E-state index contributed by atoms with van der Waals surface area (Å²) in [4.78, 5) is 11.3. The highest BCUT2D eigenvalue weighted by molar-refractivity contribution is 6.29. The molecule has 15 heavy (non-hydrogen) atoms. The number of hydrogen-bond acceptors (Lipinski definition) is 3. The lowest BCUT2D eigenvalue weighted by molar-refractivity contribution is 0.466. The average molecular weight is 202 g/mol. The lowest BCUT2D eigenvalue weighted by Crippen LogP contribution is -2.28. The average Bonchev–Trinajstić information content (AvgIpc) is 2.40. The highest BCUT2D eigenvalue weighted by Crippen LogP contribution is 2.16. The van der Waals surface area contributed by atoms with Gasteiger partial charge in [-0.25, -0.2) is 9.97 Å². The molecular weight excluding hydrogens is 185 g/mol. The standard InChI is InChI=1S/C11H17BN3/c1-8-10-4-6-15(12-3)7-5-11(10)14-9(2)13-8/h4-7H2,1-3H3. The minimum Gasteiger partial charge on any atom is -0.346 e. The summed E-state index contributed by atoms with van der Waals surface area (Å²) < 4.78 is 0. The maximum absolute atomic E-state index is 4.55. The summed E-state index contributed by atoms with van der Waals surface area (Å²) in [6.45, 7) is 8.34. The minimum absolute atomic E-state index is 0.903. The van der Waals surface area contributed by atoms with Gasteiger partial charge in [-0.05, 0) is 38.9 Å². The highest BCUT2D eigenvalue weighted by atomic mass is 15.0. The van der Waals surface area contributed by atoms with E-state index in [1.807, 2.05) is 6.92 Å². The Bertz CT molecular complexity index is 365. The molecule has 1 aliphatic rings. The number of hydrogen-bond donors (Lipinski definition) is 0. The smallest absolute Gasteiger partial charge is 0.205 e. The zero-order valence-electron chi connectivity index (χ0n) is 9.75. The molecule has 0 N–H and O–H groups in total. The van der Waals surface area contributed by atoms with Gasteiger partial charge in [0.05, 0.1) is 0 Å². The first-order chi connectivity index (χ1) is 7.20. The Morgan fingerprint density at radius 2 is 1.87 bits per heavy atom. The van der Waals surface area contributed by atoms with E-state index in [2.05, 4.69) is 35.9 Å². The quantitative estimate of drug-likeness (QED) is 0.640. The third-order valence-electron chi connectivity index (χ3n) is 3.06. The molecule has 2 rings (SSSR count). The number of nitrogens with zero attached hydrogens (tertiary/aromatic N) is 3. The van der Waals surface area contributed by atoms with Crippen LogP contribution in [0.15, 0.2) is 0 Å². The van der Waals surface area contributed by atoms with Gasteiger partial charge in [-0.2, -0.15) is 0 Å². The number of rotatable bonds is 1. The molecule has 0 saturated carbocycles. The molecular formula is C11H17BN3. The number of aryl methyl sites for hydroxylation is 2. The second kappa shape index (κ2) is 4.31. The fourth-order valence-corrected chi connectivity index (χ4v) is 2.21. The van der Waals surface area contributed by atoms with Crippen LogP contribution in [-0.2, 0) is 12.8 Å². The lowest BCUT2D eigenvalue weighted by Gasteiger charge is -2.15. The van der Waals surface area contributed by atoms with E-state index in [9.17, 15) is 0 Å². The van der Waals surface area contributed by atoms with E-state index < -0.39 is 0 Å². The molecule has 0 amide bonds. The zero-order valence-corrected chi connectivity index (χ0v) is 9.75. The summed E-state index contributed by atoms with van der Waals surface area (Å²) in [5, 5.41) is 0. The summed E-state index contributed by atoms with van der Waals surface area (Å²) in [6, 6.07) is 0. The SMILES string of the molecule is C[B]N1CCc2nc(C)nc(C)c2CC1. The van der Waals surface area contributed by atoms with Crippen molar-refractivity contribution in [2.24, 2.45) is 0 Å². The van der Waals surface area contributed by atoms with Gasteiger partial charge >= 0.3 is 0 Å². The molecule has 4 heteroatoms. The van der Waals surface area contributed by atoms with Gasteiger partial charge in [0.2, 0.25) is 7.41 Å². The van der Waals surface area contributed by atoms with Gasteiger partial charge in [-0.15, -0.1) is 0 Å². The first-order valence-corrected chi connectivity index (χ1v) is 5.57. The van der Waals surface area contributed by atoms with Crippen molar-refractivity contribution in [2.75, 3.05) is 13.1 Å². The van der Waals surface area contributed by atoms with Crippen LogP contribution in [0, 0.1) is 13.8 Å². The van der Waals surface area contributed by atoms with Crippen LogP contribution in [-0.4, -0.2) is 35.3 Å². The molecule has 0 unspecified atom stereocenters. The van der Waals surface area contributed by atoms with E-state index in [1.165, 1.54) is 11.3 Å². The molecule has 1 aliphatic heterocycles. The van der Waals surface area contributed by atoms with E-state index in [0.717, 1.165) is 37.4 Å². The zero-order chi connectivity index (χ0) is 10.8. The van der Waals surface area contributed by atoms with Gasteiger partial charge in [-0.1, -0.05) is 6.82 Å². The number of fused-ring (bicyclic) bond motifs is 1. The Balaban J connectivity index is 2.31. The van der Waals surface area contributed by atoms with Crippen molar-refractivity contribution in [1.29, 1.82) is 0 Å². The second-order valence-corrected chi connectivity index (χ2v) is 4.08. The summed E-state index contributed by atoms with van der Waals surface area (Å²) in [6.07, 6.45) is 2.12. The lowest BCUT2D eigenvalue weighted by atomic mass is 9.95. The van der Waals surface area contributed by atoms with Crippen molar-refractivity contribution in [1.82, 2.24) is 14.8 Å². The van der Waals surface area contributed by atoms with E-state index in [0.29, 0.717) is 0 Å². The summed E-state index contributed by atoms with van der Waals surface area (Å²) in [7, 11) is 2.17. The van der Waals surface area contributed by atoms with Crippen LogP contribution in [0.2, 0.25) is 6.82 Å². The topological polar surface area (TPSA) is 29.0 Å². The Morgan fingerprint density at radius 3 is 2.60 bits per heavy atom. The first kappa shape index (κ1) is 10.6. The Labute approximate surface area is 92.2 Å². The second-order valence-electron chi connectivity index (χ2n) is 4.08. The molecule has 0 aliphatic carbocycles. The van der Waals surface area contributed by atoms with Crippen molar-refractivity contribution in [3.8, 4) is 0 Å². The largest absolute Gasteiger partial charge is 0.346 e. The molecule has 79 valence electrons. The van der Waals surface area contributed by atoms with Gasteiger partial charge < -0.3 is 4.81 Å². The van der Waals surface area contributed by atoms with Crippen LogP contribution in [0.4, 0.5) is 0 Å². The van der Waals surface area contributed by atoms with Crippen LogP contribution in [0.3, 0.4) is 0 Å². The third-order valence-corrected chi connectivity index (χ3v) is 3.06. The molecule has 0 spiro atoms. The van der Waals surface area contributed by atoms with Crippen LogP contribution in [0.5, 0.6) is 0 Å². The predicted molar refractivity (Wildman–Crippen MR) is 62.1 cm³/mol. The third kappa shape index (κ3) is 2.20. The Morgan fingerprint density at radius 1 is 1.13 bits per heavy atom. The monoisotopic (exact) mass is 202 g/mol. The molecule has 2 heterocycles. The molecule has 0 saturated heterocycles. The van der Waals surface area contributed by atoms with Crippen LogP contribution >= 0.6 is 0 Å². The predicted octanol–water partition coefficient (Wildman–Crippen LogP) is 1.16. The minimum atomic E-state index is 0.903. The molecule has 1 radical (unpaired) electrons. The highest BCUT2D eigenvalue weighted by Gasteiger charge is 2.16. The molecule has 0 atom stereocenters. The van der Waals surface area contributed by atoms with Gasteiger partial charge in [0.1, 0.15) is 5.82 Å². The van der Waals surface area contributed by atoms with Gasteiger partial charge in [0, 0.05) is 17.8 Å². The molecule has 0 fully saturated rings. The Hall–Kier alpha value is -0.895. The summed E-state index contributed by atoms with van der Waals surface area (Å²) in [5.74, 6) is 0.903. The van der Waals surface area contributed by atoms with Crippen molar-refractivity contribution < 1.29 is 0 Å². The van der Waals surface area contributed by atoms with Crippen molar-refractivity contribution >= 4 is 7.41 Å². The van der Waals surface area contributed by atoms with Gasteiger partial charge in [-0.3, -0.25) is 0 Å². The molecule has 0 aromatic carbocycles. The molecule has 3 nitrogen and oxygen atoms in total. The Kier molecular flexibility index (Phi) is 3.05. The van der Waals surface area contributed by atoms with Crippen LogP contribution in [0.1, 0.15) is 22.8 Å². The van der Waals surface area contributed by atoms with Crippen molar-refractivity contribution in [3.05, 3.63) is 22.8 Å². The summed E-state index contributed by atoms with van der Waals surface area (Å²) in [5.41, 5.74) is 3.78. The fourth-order valence-electron chi connectivity index (χ4n) is 2.21. The fraction of sp³-hybridized carbons (Fsp3) is 0.636. The van der Waals surface area contributed by atoms with E-state index in [-0.39, 0.29) is 0 Å². The van der Waals surface area contributed by atoms with Crippen molar-refractivity contribution in [2.45, 2.75) is 33.5 Å². The van der Waals surface area contributed by atoms with Gasteiger partial charge in [0.25, 0.3) is 0 Å². The van der Waals surface area contributed by atoms with E-state index >= 15 is 0 Å². The normalized spacial score (nSPS) is 17.0. The van der Waals surface area contributed by atoms with E-state index in [1.54, 1.807) is 0 Å². The van der Waals surface area contributed by atoms with Crippen molar-refractivity contribution in [3.63, 3.8) is 0 Å². The van der Waals surface area contributed by atoms with Crippen LogP contribution < -0.4 is 0 Å². The van der Waals surface area contributed by atoms with Gasteiger partial charge in [0.15, 0.2) is 0 Å². The molecule has 1 aromatic heterocycles. The molecule has 1 aromatic rings. The van der Waals surface area contributed by atoms with Crippen LogP contribution in [0.25, 0.3) is 0 Å². The molecule has 0 bridgehead atoms. The number of aromatic nitrogens is 2.